The largest absolute Gasteiger partial charge is 0.495 e. The van der Waals surface area contributed by atoms with Crippen LogP contribution in [0.2, 0.25) is 5.02 Å². The molecular weight excluding hydrogens is 484 g/mol. The van der Waals surface area contributed by atoms with Crippen molar-refractivity contribution >= 4 is 29.3 Å². The number of hydrogen-bond acceptors (Lipinski definition) is 6. The van der Waals surface area contributed by atoms with Gasteiger partial charge in [0.15, 0.2) is 0 Å². The number of epoxide rings is 1. The molecule has 3 aliphatic heterocycles. The number of benzene rings is 1. The van der Waals surface area contributed by atoms with Gasteiger partial charge in [-0.2, -0.15) is 0 Å². The summed E-state index contributed by atoms with van der Waals surface area (Å²) in [5, 5.41) is 14.0. The van der Waals surface area contributed by atoms with Gasteiger partial charge in [0.1, 0.15) is 22.6 Å². The van der Waals surface area contributed by atoms with Crippen LogP contribution in [0.3, 0.4) is 0 Å². The Labute approximate surface area is 217 Å². The summed E-state index contributed by atoms with van der Waals surface area (Å²) in [6, 6.07) is 3.79. The fourth-order valence-electron chi connectivity index (χ4n) is 5.19. The average molecular weight is 519 g/mol. The quantitative estimate of drug-likeness (QED) is 0.530. The molecular formula is C27H35ClN2O6. The predicted octanol–water partition coefficient (Wildman–Crippen LogP) is 4.52. The predicted molar refractivity (Wildman–Crippen MR) is 137 cm³/mol. The van der Waals surface area contributed by atoms with Crippen LogP contribution in [-0.2, 0) is 20.7 Å². The van der Waals surface area contributed by atoms with E-state index in [1.54, 1.807) is 19.1 Å². The zero-order valence-corrected chi connectivity index (χ0v) is 22.2. The number of alkyl carbamates (subject to hydrolysis) is 1. The fourth-order valence-corrected chi connectivity index (χ4v) is 5.51. The Morgan fingerprint density at radius 3 is 2.78 bits per heavy atom. The number of nitrogens with one attached hydrogen (secondary N) is 1. The van der Waals surface area contributed by atoms with E-state index in [1.807, 2.05) is 51.1 Å². The van der Waals surface area contributed by atoms with Crippen LogP contribution in [0.25, 0.3) is 0 Å². The van der Waals surface area contributed by atoms with Gasteiger partial charge in [0.25, 0.3) is 0 Å². The summed E-state index contributed by atoms with van der Waals surface area (Å²) >= 11 is 6.59. The molecule has 2 fully saturated rings. The molecule has 0 saturated carbocycles. The van der Waals surface area contributed by atoms with E-state index >= 15 is 0 Å². The first-order valence-corrected chi connectivity index (χ1v) is 12.7. The molecule has 4 bridgehead atoms. The zero-order chi connectivity index (χ0) is 26.3. The molecule has 1 aromatic carbocycles. The molecule has 3 aliphatic rings. The molecule has 36 heavy (non-hydrogen) atoms. The van der Waals surface area contributed by atoms with E-state index in [0.717, 1.165) is 11.1 Å². The molecule has 0 spiro atoms. The second kappa shape index (κ2) is 10.1. The summed E-state index contributed by atoms with van der Waals surface area (Å²) < 4.78 is 17.0. The summed E-state index contributed by atoms with van der Waals surface area (Å²) in [7, 11) is 3.27. The Morgan fingerprint density at radius 2 is 2.06 bits per heavy atom. The van der Waals surface area contributed by atoms with Crippen molar-refractivity contribution in [1.29, 1.82) is 0 Å². The normalized spacial score (nSPS) is 35.6. The minimum atomic E-state index is -1.40. The van der Waals surface area contributed by atoms with Gasteiger partial charge in [-0.25, -0.2) is 4.79 Å². The van der Waals surface area contributed by atoms with Gasteiger partial charge in [-0.3, -0.25) is 10.1 Å². The lowest BCUT2D eigenvalue weighted by atomic mass is 9.85. The van der Waals surface area contributed by atoms with Crippen molar-refractivity contribution in [3.63, 3.8) is 0 Å². The number of aliphatic hydroxyl groups is 1. The second-order valence-electron chi connectivity index (χ2n) is 10.4. The van der Waals surface area contributed by atoms with Crippen LogP contribution in [0, 0.1) is 5.92 Å². The number of fused-ring (bicyclic) bond motifs is 5. The standard InChI is InChI=1S/C27H35ClN2O6/c1-16-8-6-7-10-27(33)15-21(35-25(32)29-27)17(2)24-26(3,36-24)11-9-22(31)30(4)19-13-18(12-16)14-20(34-5)23(19)28/h6-8,13-14,17,21,24,33H,9-12,15H2,1-5H3,(H,29,32)/b7-6+,16-8+/t17-,21?,24+,26-,27-/m0/s1. The SMILES string of the molecule is COc1cc2cc(c1Cl)N(C)C(=O)CC[C@]1(C)O[C@@H]1[C@@H](C)C1C[C@@](O)(C/C=C/C=C(\C)C2)NC(=O)O1. The van der Waals surface area contributed by atoms with E-state index in [0.29, 0.717) is 29.3 Å². The third-order valence-electron chi connectivity index (χ3n) is 7.46. The maximum Gasteiger partial charge on any atom is 0.409 e. The second-order valence-corrected chi connectivity index (χ2v) is 10.8. The van der Waals surface area contributed by atoms with Gasteiger partial charge in [-0.05, 0) is 44.4 Å². The number of rotatable bonds is 1. The molecule has 0 aliphatic carbocycles. The summed E-state index contributed by atoms with van der Waals surface area (Å²) in [6.07, 6.45) is 6.20. The fraction of sp³-hybridized carbons (Fsp3) is 0.556. The molecule has 0 aromatic heterocycles. The molecule has 3 heterocycles. The van der Waals surface area contributed by atoms with Crippen LogP contribution in [0.1, 0.15) is 52.0 Å². The summed E-state index contributed by atoms with van der Waals surface area (Å²) in [5.74, 6) is 0.272. The molecule has 2 N–H and O–H groups in total. The van der Waals surface area contributed by atoms with Crippen molar-refractivity contribution in [2.45, 2.75) is 76.4 Å². The van der Waals surface area contributed by atoms with Crippen LogP contribution in [-0.4, -0.2) is 54.8 Å². The number of amides is 2. The van der Waals surface area contributed by atoms with Gasteiger partial charge in [-0.1, -0.05) is 42.3 Å². The monoisotopic (exact) mass is 518 g/mol. The van der Waals surface area contributed by atoms with Gasteiger partial charge in [-0.15, -0.1) is 0 Å². The molecule has 196 valence electrons. The van der Waals surface area contributed by atoms with Gasteiger partial charge in [0.2, 0.25) is 5.91 Å². The smallest absolute Gasteiger partial charge is 0.409 e. The number of allylic oxidation sites excluding steroid dienone is 3. The van der Waals surface area contributed by atoms with Crippen LogP contribution in [0.4, 0.5) is 10.5 Å². The van der Waals surface area contributed by atoms with Crippen molar-refractivity contribution in [3.8, 4) is 5.75 Å². The van der Waals surface area contributed by atoms with Crippen molar-refractivity contribution in [1.82, 2.24) is 5.32 Å². The highest BCUT2D eigenvalue weighted by atomic mass is 35.5. The van der Waals surface area contributed by atoms with Gasteiger partial charge in [0, 0.05) is 32.2 Å². The number of nitrogens with zero attached hydrogens (tertiary/aromatic N) is 1. The average Bonchev–Trinajstić information content (AvgIpc) is 3.50. The van der Waals surface area contributed by atoms with E-state index in [1.165, 1.54) is 0 Å². The first-order valence-electron chi connectivity index (χ1n) is 12.3. The van der Waals surface area contributed by atoms with Crippen molar-refractivity contribution in [3.05, 3.63) is 46.5 Å². The molecule has 0 radical (unpaired) electrons. The number of hydrogen-bond donors (Lipinski definition) is 2. The van der Waals surface area contributed by atoms with Crippen LogP contribution in [0.15, 0.2) is 35.9 Å². The zero-order valence-electron chi connectivity index (χ0n) is 21.5. The van der Waals surface area contributed by atoms with Gasteiger partial charge < -0.3 is 24.2 Å². The highest BCUT2D eigenvalue weighted by Crippen LogP contribution is 2.47. The number of halogens is 1. The summed E-state index contributed by atoms with van der Waals surface area (Å²) in [6.45, 7) is 5.92. The lowest BCUT2D eigenvalue weighted by molar-refractivity contribution is -0.118. The van der Waals surface area contributed by atoms with E-state index in [2.05, 4.69) is 5.32 Å². The lowest BCUT2D eigenvalue weighted by Gasteiger charge is -2.38. The minimum absolute atomic E-state index is 0.0879. The molecule has 5 atom stereocenters. The van der Waals surface area contributed by atoms with E-state index in [9.17, 15) is 14.7 Å². The first kappa shape index (κ1) is 26.5. The Morgan fingerprint density at radius 1 is 1.31 bits per heavy atom. The number of carbonyl (C=O) groups is 2. The third-order valence-corrected chi connectivity index (χ3v) is 7.84. The molecule has 2 amide bonds. The molecule has 1 unspecified atom stereocenters. The van der Waals surface area contributed by atoms with Crippen LogP contribution < -0.4 is 15.0 Å². The molecule has 8 nitrogen and oxygen atoms in total. The van der Waals surface area contributed by atoms with Crippen molar-refractivity contribution < 1.29 is 28.9 Å². The highest BCUT2D eigenvalue weighted by molar-refractivity contribution is 6.35. The maximum absolute atomic E-state index is 13.2. The molecule has 4 rings (SSSR count). The Hall–Kier alpha value is -2.55. The van der Waals surface area contributed by atoms with Crippen LogP contribution >= 0.6 is 11.6 Å². The Balaban J connectivity index is 1.66. The minimum Gasteiger partial charge on any atom is -0.495 e. The van der Waals surface area contributed by atoms with E-state index < -0.39 is 23.5 Å². The van der Waals surface area contributed by atoms with Gasteiger partial charge in [0.05, 0.1) is 24.5 Å². The first-order chi connectivity index (χ1) is 16.9. The van der Waals surface area contributed by atoms with E-state index in [-0.39, 0.29) is 37.2 Å². The van der Waals surface area contributed by atoms with E-state index in [4.69, 9.17) is 25.8 Å². The third kappa shape index (κ3) is 5.56. The van der Waals surface area contributed by atoms with Gasteiger partial charge >= 0.3 is 6.09 Å². The summed E-state index contributed by atoms with van der Waals surface area (Å²) in [4.78, 5) is 27.0. The highest BCUT2D eigenvalue weighted by Gasteiger charge is 2.58. The van der Waals surface area contributed by atoms with Crippen LogP contribution in [0.5, 0.6) is 5.75 Å². The lowest BCUT2D eigenvalue weighted by Crippen LogP contribution is -2.57. The molecule has 1 aromatic rings. The summed E-state index contributed by atoms with van der Waals surface area (Å²) in [5.41, 5.74) is 0.692. The van der Waals surface area contributed by atoms with Crippen molar-refractivity contribution in [2.75, 3.05) is 19.1 Å². The van der Waals surface area contributed by atoms with Crippen molar-refractivity contribution in [2.24, 2.45) is 5.92 Å². The number of ether oxygens (including phenoxy) is 3. The topological polar surface area (TPSA) is 101 Å². The molecule has 2 saturated heterocycles. The Kier molecular flexibility index (Phi) is 7.42. The molecule has 9 heteroatoms. The number of methoxy groups -OCH3 is 1. The Bertz CT molecular complexity index is 1100. The number of anilines is 1. The number of carbonyl (C=O) groups excluding carboxylic acids is 2. The maximum atomic E-state index is 13.2.